The average Bonchev–Trinajstić information content (AvgIpc) is 3.07. The molecule has 1 heterocycles. The van der Waals surface area contributed by atoms with Gasteiger partial charge in [-0.2, -0.15) is 0 Å². The van der Waals surface area contributed by atoms with Gasteiger partial charge in [-0.3, -0.25) is 4.72 Å². The van der Waals surface area contributed by atoms with Gasteiger partial charge in [0, 0.05) is 10.6 Å². The van der Waals surface area contributed by atoms with Crippen molar-refractivity contribution in [2.45, 2.75) is 11.8 Å². The van der Waals surface area contributed by atoms with Gasteiger partial charge >= 0.3 is 0 Å². The number of nitrogens with one attached hydrogen (secondary N) is 1. The molecular formula is C20H15ClN2O3S. The molecule has 0 radical (unpaired) electrons. The summed E-state index contributed by atoms with van der Waals surface area (Å²) in [6, 6.07) is 18.8. The Morgan fingerprint density at radius 3 is 2.56 bits per heavy atom. The fourth-order valence-corrected chi connectivity index (χ4v) is 4.00. The number of benzene rings is 3. The number of aryl methyl sites for hydroxylation is 1. The molecule has 4 rings (SSSR count). The van der Waals surface area contributed by atoms with E-state index in [0.717, 1.165) is 5.56 Å². The first-order valence-electron chi connectivity index (χ1n) is 8.17. The molecule has 0 aliphatic rings. The predicted octanol–water partition coefficient (Wildman–Crippen LogP) is 5.26. The number of sulfonamides is 1. The van der Waals surface area contributed by atoms with E-state index in [4.69, 9.17) is 16.0 Å². The lowest BCUT2D eigenvalue weighted by Gasteiger charge is -2.11. The number of fused-ring (bicyclic) bond motifs is 1. The fraction of sp³-hybridized carbons (Fsp3) is 0.0500. The van der Waals surface area contributed by atoms with Gasteiger partial charge in [-0.1, -0.05) is 35.9 Å². The summed E-state index contributed by atoms with van der Waals surface area (Å²) in [4.78, 5) is 4.64. The quantitative estimate of drug-likeness (QED) is 0.509. The summed E-state index contributed by atoms with van der Waals surface area (Å²) in [6.07, 6.45) is 0. The lowest BCUT2D eigenvalue weighted by molar-refractivity contribution is 0.601. The smallest absolute Gasteiger partial charge is 0.261 e. The first kappa shape index (κ1) is 17.6. The minimum atomic E-state index is -3.68. The number of anilines is 1. The molecule has 1 aromatic heterocycles. The maximum atomic E-state index is 12.6. The Labute approximate surface area is 161 Å². The molecule has 3 aromatic carbocycles. The van der Waals surface area contributed by atoms with E-state index >= 15 is 0 Å². The Morgan fingerprint density at radius 1 is 1.00 bits per heavy atom. The van der Waals surface area contributed by atoms with Crippen LogP contribution in [0.3, 0.4) is 0 Å². The van der Waals surface area contributed by atoms with Crippen LogP contribution in [0.4, 0.5) is 5.69 Å². The summed E-state index contributed by atoms with van der Waals surface area (Å²) in [7, 11) is -3.68. The Morgan fingerprint density at radius 2 is 1.78 bits per heavy atom. The summed E-state index contributed by atoms with van der Waals surface area (Å²) < 4.78 is 33.6. The van der Waals surface area contributed by atoms with Gasteiger partial charge in [0.05, 0.1) is 10.6 Å². The van der Waals surface area contributed by atoms with Gasteiger partial charge in [-0.05, 0) is 55.0 Å². The zero-order valence-corrected chi connectivity index (χ0v) is 15.9. The standard InChI is InChI=1S/C20H15ClN2O3S/c1-13-7-8-14(20-22-18-12-15(21)9-10-19(18)26-20)11-17(13)23-27(24,25)16-5-3-2-4-6-16/h2-12,23H,1H3. The van der Waals surface area contributed by atoms with Crippen LogP contribution in [0.15, 0.2) is 76.0 Å². The highest BCUT2D eigenvalue weighted by atomic mass is 35.5. The molecule has 0 saturated heterocycles. The third-order valence-electron chi connectivity index (χ3n) is 4.13. The van der Waals surface area contributed by atoms with Crippen LogP contribution in [0.1, 0.15) is 5.56 Å². The number of hydrogen-bond donors (Lipinski definition) is 1. The minimum absolute atomic E-state index is 0.200. The second kappa shape index (κ2) is 6.72. The molecule has 5 nitrogen and oxygen atoms in total. The van der Waals surface area contributed by atoms with Crippen LogP contribution in [-0.2, 0) is 10.0 Å². The van der Waals surface area contributed by atoms with E-state index in [-0.39, 0.29) is 4.90 Å². The van der Waals surface area contributed by atoms with Gasteiger partial charge in [-0.15, -0.1) is 0 Å². The van der Waals surface area contributed by atoms with Gasteiger partial charge in [0.2, 0.25) is 5.89 Å². The fourth-order valence-electron chi connectivity index (χ4n) is 2.69. The van der Waals surface area contributed by atoms with Crippen LogP contribution in [0.5, 0.6) is 0 Å². The van der Waals surface area contributed by atoms with Crippen LogP contribution in [0.2, 0.25) is 5.02 Å². The molecule has 0 bridgehead atoms. The molecule has 0 amide bonds. The van der Waals surface area contributed by atoms with Crippen molar-refractivity contribution < 1.29 is 12.8 Å². The van der Waals surface area contributed by atoms with Gasteiger partial charge in [0.15, 0.2) is 5.58 Å². The molecule has 0 unspecified atom stereocenters. The molecule has 0 atom stereocenters. The van der Waals surface area contributed by atoms with Crippen molar-refractivity contribution in [1.29, 1.82) is 0 Å². The van der Waals surface area contributed by atoms with Gasteiger partial charge in [-0.25, -0.2) is 13.4 Å². The van der Waals surface area contributed by atoms with Crippen molar-refractivity contribution in [3.05, 3.63) is 77.3 Å². The first-order chi connectivity index (χ1) is 12.9. The van der Waals surface area contributed by atoms with E-state index in [1.807, 2.05) is 19.1 Å². The molecule has 7 heteroatoms. The Hall–Kier alpha value is -2.83. The Balaban J connectivity index is 1.73. The molecule has 0 saturated carbocycles. The summed E-state index contributed by atoms with van der Waals surface area (Å²) >= 11 is 5.99. The number of oxazole rings is 1. The molecule has 0 aliphatic heterocycles. The maximum absolute atomic E-state index is 12.6. The topological polar surface area (TPSA) is 72.2 Å². The maximum Gasteiger partial charge on any atom is 0.261 e. The average molecular weight is 399 g/mol. The normalized spacial score (nSPS) is 11.6. The van der Waals surface area contributed by atoms with Crippen LogP contribution >= 0.6 is 11.6 Å². The lowest BCUT2D eigenvalue weighted by Crippen LogP contribution is -2.13. The lowest BCUT2D eigenvalue weighted by atomic mass is 10.1. The number of aromatic nitrogens is 1. The van der Waals surface area contributed by atoms with Crippen molar-refractivity contribution >= 4 is 38.4 Å². The van der Waals surface area contributed by atoms with Gasteiger partial charge < -0.3 is 4.42 Å². The number of rotatable bonds is 4. The highest BCUT2D eigenvalue weighted by molar-refractivity contribution is 7.92. The van der Waals surface area contributed by atoms with Crippen molar-refractivity contribution in [1.82, 2.24) is 4.98 Å². The zero-order chi connectivity index (χ0) is 19.0. The van der Waals surface area contributed by atoms with E-state index in [9.17, 15) is 8.42 Å². The predicted molar refractivity (Wildman–Crippen MR) is 106 cm³/mol. The zero-order valence-electron chi connectivity index (χ0n) is 14.3. The molecule has 4 aromatic rings. The van der Waals surface area contributed by atoms with Crippen molar-refractivity contribution in [2.24, 2.45) is 0 Å². The molecular weight excluding hydrogens is 384 g/mol. The molecule has 0 fully saturated rings. The van der Waals surface area contributed by atoms with E-state index in [1.165, 1.54) is 0 Å². The Kier molecular flexibility index (Phi) is 4.37. The second-order valence-corrected chi connectivity index (χ2v) is 8.20. The van der Waals surface area contributed by atoms with Crippen LogP contribution in [0.25, 0.3) is 22.6 Å². The molecule has 0 spiro atoms. The summed E-state index contributed by atoms with van der Waals surface area (Å²) in [5.74, 6) is 0.396. The van der Waals surface area contributed by atoms with E-state index in [1.54, 1.807) is 54.6 Å². The molecule has 1 N–H and O–H groups in total. The summed E-state index contributed by atoms with van der Waals surface area (Å²) in [6.45, 7) is 1.83. The molecule has 27 heavy (non-hydrogen) atoms. The monoisotopic (exact) mass is 398 g/mol. The minimum Gasteiger partial charge on any atom is -0.436 e. The van der Waals surface area contributed by atoms with Crippen LogP contribution in [-0.4, -0.2) is 13.4 Å². The molecule has 0 aliphatic carbocycles. The second-order valence-electron chi connectivity index (χ2n) is 6.08. The van der Waals surface area contributed by atoms with Crippen LogP contribution in [0, 0.1) is 6.92 Å². The third-order valence-corrected chi connectivity index (χ3v) is 5.75. The summed E-state index contributed by atoms with van der Waals surface area (Å²) in [5.41, 5.74) is 3.18. The first-order valence-corrected chi connectivity index (χ1v) is 10.0. The van der Waals surface area contributed by atoms with E-state index < -0.39 is 10.0 Å². The highest BCUT2D eigenvalue weighted by Gasteiger charge is 2.16. The highest BCUT2D eigenvalue weighted by Crippen LogP contribution is 2.30. The Bertz CT molecular complexity index is 1230. The van der Waals surface area contributed by atoms with Crippen molar-refractivity contribution in [3.63, 3.8) is 0 Å². The third kappa shape index (κ3) is 3.54. The van der Waals surface area contributed by atoms with Gasteiger partial charge in [0.1, 0.15) is 5.52 Å². The largest absolute Gasteiger partial charge is 0.436 e. The number of hydrogen-bond acceptors (Lipinski definition) is 4. The number of halogens is 1. The van der Waals surface area contributed by atoms with Crippen molar-refractivity contribution in [2.75, 3.05) is 4.72 Å². The summed E-state index contributed by atoms with van der Waals surface area (Å²) in [5, 5.41) is 0.572. The van der Waals surface area contributed by atoms with Gasteiger partial charge in [0.25, 0.3) is 10.0 Å². The molecule has 136 valence electrons. The van der Waals surface area contributed by atoms with Crippen molar-refractivity contribution in [3.8, 4) is 11.5 Å². The SMILES string of the molecule is Cc1ccc(-c2nc3cc(Cl)ccc3o2)cc1NS(=O)(=O)c1ccccc1. The van der Waals surface area contributed by atoms with E-state index in [2.05, 4.69) is 9.71 Å². The van der Waals surface area contributed by atoms with Crippen LogP contribution < -0.4 is 4.72 Å². The number of nitrogens with zero attached hydrogens (tertiary/aromatic N) is 1. The van der Waals surface area contributed by atoms with E-state index in [0.29, 0.717) is 33.3 Å².